The molecule has 1 heterocycles. The van der Waals surface area contributed by atoms with E-state index in [1.54, 1.807) is 6.07 Å². The molecule has 0 aromatic heterocycles. The minimum absolute atomic E-state index is 0.222. The number of hydrogen-bond acceptors (Lipinski definition) is 3. The van der Waals surface area contributed by atoms with Crippen LogP contribution in [0.15, 0.2) is 47.4 Å². The molecular weight excluding hydrogens is 346 g/mol. The zero-order valence-corrected chi connectivity index (χ0v) is 16.5. The average molecular weight is 374 g/mol. The molecule has 140 valence electrons. The van der Waals surface area contributed by atoms with Crippen LogP contribution in [0.5, 0.6) is 0 Å². The van der Waals surface area contributed by atoms with E-state index in [1.165, 1.54) is 5.56 Å². The van der Waals surface area contributed by atoms with Crippen LogP contribution in [0.2, 0.25) is 0 Å². The van der Waals surface area contributed by atoms with Gasteiger partial charge in [-0.05, 0) is 61.9 Å². The molecule has 0 spiro atoms. The molecular formula is C21H27NO3S. The standard InChI is InChI=1S/C21H27NO3S/c1-16-13-18(3)20(14-17(16)2)26(23,24)22-15-21(9-11-25-12-10-21)19-7-5-4-6-8-19/h4-8,13-14,22H,9-12,15H2,1-3H3. The lowest BCUT2D eigenvalue weighted by Crippen LogP contribution is -2.44. The molecule has 0 atom stereocenters. The van der Waals surface area contributed by atoms with Gasteiger partial charge in [-0.25, -0.2) is 13.1 Å². The van der Waals surface area contributed by atoms with Crippen molar-refractivity contribution in [2.24, 2.45) is 0 Å². The van der Waals surface area contributed by atoms with E-state index in [9.17, 15) is 8.42 Å². The molecule has 0 amide bonds. The van der Waals surface area contributed by atoms with Crippen molar-refractivity contribution >= 4 is 10.0 Å². The van der Waals surface area contributed by atoms with Crippen LogP contribution in [0.3, 0.4) is 0 Å². The molecule has 1 saturated heterocycles. The summed E-state index contributed by atoms with van der Waals surface area (Å²) >= 11 is 0. The number of sulfonamides is 1. The van der Waals surface area contributed by atoms with Crippen molar-refractivity contribution in [2.45, 2.75) is 43.9 Å². The molecule has 2 aromatic rings. The molecule has 2 aromatic carbocycles. The van der Waals surface area contributed by atoms with Gasteiger partial charge < -0.3 is 4.74 Å². The monoisotopic (exact) mass is 373 g/mol. The molecule has 1 N–H and O–H groups in total. The molecule has 1 aliphatic rings. The van der Waals surface area contributed by atoms with E-state index < -0.39 is 10.0 Å². The van der Waals surface area contributed by atoms with Crippen LogP contribution in [-0.4, -0.2) is 28.2 Å². The Morgan fingerprint density at radius 2 is 1.58 bits per heavy atom. The average Bonchev–Trinajstić information content (AvgIpc) is 2.64. The summed E-state index contributed by atoms with van der Waals surface area (Å²) in [5.41, 5.74) is 3.82. The Morgan fingerprint density at radius 3 is 2.23 bits per heavy atom. The van der Waals surface area contributed by atoms with Crippen molar-refractivity contribution in [3.8, 4) is 0 Å². The van der Waals surface area contributed by atoms with Crippen LogP contribution < -0.4 is 4.72 Å². The second-order valence-electron chi connectivity index (χ2n) is 7.29. The summed E-state index contributed by atoms with van der Waals surface area (Å²) in [4.78, 5) is 0.371. The maximum absolute atomic E-state index is 13.0. The first-order valence-corrected chi connectivity index (χ1v) is 10.5. The molecule has 0 unspecified atom stereocenters. The molecule has 0 aliphatic carbocycles. The lowest BCUT2D eigenvalue weighted by Gasteiger charge is -2.38. The Hall–Kier alpha value is -1.69. The molecule has 0 radical (unpaired) electrons. The summed E-state index contributed by atoms with van der Waals surface area (Å²) in [7, 11) is -3.57. The van der Waals surface area contributed by atoms with Crippen molar-refractivity contribution in [1.29, 1.82) is 0 Å². The number of rotatable bonds is 5. The van der Waals surface area contributed by atoms with Crippen LogP contribution in [0.25, 0.3) is 0 Å². The van der Waals surface area contributed by atoms with Crippen molar-refractivity contribution in [2.75, 3.05) is 19.8 Å². The van der Waals surface area contributed by atoms with Gasteiger partial charge in [0.1, 0.15) is 0 Å². The van der Waals surface area contributed by atoms with Crippen LogP contribution >= 0.6 is 0 Å². The van der Waals surface area contributed by atoms with Gasteiger partial charge in [-0.3, -0.25) is 0 Å². The smallest absolute Gasteiger partial charge is 0.240 e. The Balaban J connectivity index is 1.88. The van der Waals surface area contributed by atoms with E-state index in [4.69, 9.17) is 4.74 Å². The zero-order chi connectivity index (χ0) is 18.8. The van der Waals surface area contributed by atoms with Crippen molar-refractivity contribution in [3.05, 3.63) is 64.7 Å². The van der Waals surface area contributed by atoms with E-state index in [0.29, 0.717) is 24.7 Å². The predicted octanol–water partition coefficient (Wildman–Crippen LogP) is 3.64. The molecule has 1 aliphatic heterocycles. The SMILES string of the molecule is Cc1cc(C)c(S(=O)(=O)NCC2(c3ccccc3)CCOCC2)cc1C. The summed E-state index contributed by atoms with van der Waals surface area (Å²) < 4.78 is 34.4. The maximum Gasteiger partial charge on any atom is 0.240 e. The van der Waals surface area contributed by atoms with Crippen molar-refractivity contribution in [3.63, 3.8) is 0 Å². The number of ether oxygens (including phenoxy) is 1. The fraction of sp³-hybridized carbons (Fsp3) is 0.429. The number of hydrogen-bond donors (Lipinski definition) is 1. The molecule has 0 bridgehead atoms. The lowest BCUT2D eigenvalue weighted by molar-refractivity contribution is 0.0517. The van der Waals surface area contributed by atoms with Gasteiger partial charge >= 0.3 is 0 Å². The molecule has 26 heavy (non-hydrogen) atoms. The Kier molecular flexibility index (Phi) is 5.51. The Bertz CT molecular complexity index is 870. The van der Waals surface area contributed by atoms with Crippen LogP contribution in [0.1, 0.15) is 35.1 Å². The summed E-state index contributed by atoms with van der Waals surface area (Å²) in [5, 5.41) is 0. The van der Waals surface area contributed by atoms with E-state index >= 15 is 0 Å². The second kappa shape index (κ2) is 7.51. The molecule has 5 heteroatoms. The lowest BCUT2D eigenvalue weighted by atomic mass is 9.74. The highest BCUT2D eigenvalue weighted by Gasteiger charge is 2.35. The summed E-state index contributed by atoms with van der Waals surface area (Å²) in [5.74, 6) is 0. The maximum atomic E-state index is 13.0. The molecule has 4 nitrogen and oxygen atoms in total. The zero-order valence-electron chi connectivity index (χ0n) is 15.7. The van der Waals surface area contributed by atoms with Gasteiger partial charge in [-0.15, -0.1) is 0 Å². The third-order valence-corrected chi connectivity index (χ3v) is 7.06. The Labute approximate surface area is 156 Å². The first kappa shape index (κ1) is 19.1. The fourth-order valence-corrected chi connectivity index (χ4v) is 5.09. The minimum atomic E-state index is -3.57. The van der Waals surface area contributed by atoms with E-state index in [1.807, 2.05) is 45.0 Å². The third kappa shape index (κ3) is 3.85. The van der Waals surface area contributed by atoms with Crippen molar-refractivity contribution in [1.82, 2.24) is 4.72 Å². The highest BCUT2D eigenvalue weighted by Crippen LogP contribution is 2.34. The molecule has 0 saturated carbocycles. The van der Waals surface area contributed by atoms with Crippen LogP contribution in [0, 0.1) is 20.8 Å². The van der Waals surface area contributed by atoms with Gasteiger partial charge in [0.2, 0.25) is 10.0 Å². The first-order chi connectivity index (χ1) is 12.3. The van der Waals surface area contributed by atoms with Gasteiger partial charge in [-0.1, -0.05) is 36.4 Å². The predicted molar refractivity (Wildman–Crippen MR) is 104 cm³/mol. The van der Waals surface area contributed by atoms with E-state index in [0.717, 1.165) is 29.5 Å². The van der Waals surface area contributed by atoms with E-state index in [-0.39, 0.29) is 5.41 Å². The van der Waals surface area contributed by atoms with Crippen LogP contribution in [-0.2, 0) is 20.2 Å². The normalized spacial score (nSPS) is 17.2. The fourth-order valence-electron chi connectivity index (χ4n) is 3.66. The second-order valence-corrected chi connectivity index (χ2v) is 9.02. The number of aryl methyl sites for hydroxylation is 3. The van der Waals surface area contributed by atoms with Crippen LogP contribution in [0.4, 0.5) is 0 Å². The highest BCUT2D eigenvalue weighted by atomic mass is 32.2. The number of benzene rings is 2. The minimum Gasteiger partial charge on any atom is -0.381 e. The topological polar surface area (TPSA) is 55.4 Å². The van der Waals surface area contributed by atoms with Gasteiger partial charge in [0.05, 0.1) is 4.90 Å². The Morgan fingerprint density at radius 1 is 0.962 bits per heavy atom. The van der Waals surface area contributed by atoms with Crippen molar-refractivity contribution < 1.29 is 13.2 Å². The van der Waals surface area contributed by atoms with Gasteiger partial charge in [0.15, 0.2) is 0 Å². The quantitative estimate of drug-likeness (QED) is 0.871. The highest BCUT2D eigenvalue weighted by molar-refractivity contribution is 7.89. The summed E-state index contributed by atoms with van der Waals surface area (Å²) in [6.07, 6.45) is 1.62. The third-order valence-electron chi connectivity index (χ3n) is 5.52. The van der Waals surface area contributed by atoms with Gasteiger partial charge in [0.25, 0.3) is 0 Å². The van der Waals surface area contributed by atoms with Gasteiger partial charge in [0, 0.05) is 25.2 Å². The van der Waals surface area contributed by atoms with Gasteiger partial charge in [-0.2, -0.15) is 0 Å². The molecule has 3 rings (SSSR count). The molecule has 1 fully saturated rings. The first-order valence-electron chi connectivity index (χ1n) is 9.05. The largest absolute Gasteiger partial charge is 0.381 e. The van der Waals surface area contributed by atoms with E-state index in [2.05, 4.69) is 16.9 Å². The summed E-state index contributed by atoms with van der Waals surface area (Å²) in [6, 6.07) is 13.9. The number of nitrogens with one attached hydrogen (secondary N) is 1. The summed E-state index contributed by atoms with van der Waals surface area (Å²) in [6.45, 7) is 7.48.